The summed E-state index contributed by atoms with van der Waals surface area (Å²) in [5, 5.41) is 1.12. The van der Waals surface area contributed by atoms with E-state index < -0.39 is 0 Å². The zero-order chi connectivity index (χ0) is 12.7. The second kappa shape index (κ2) is 4.75. The highest BCUT2D eigenvalue weighted by Gasteiger charge is 2.24. The van der Waals surface area contributed by atoms with Gasteiger partial charge in [0.05, 0.1) is 21.4 Å². The number of thiophene rings is 1. The van der Waals surface area contributed by atoms with E-state index in [4.69, 9.17) is 4.74 Å². The predicted octanol–water partition coefficient (Wildman–Crippen LogP) is 3.07. The Kier molecular flexibility index (Phi) is 3.25. The van der Waals surface area contributed by atoms with E-state index in [-0.39, 0.29) is 12.2 Å². The Labute approximate surface area is 118 Å². The van der Waals surface area contributed by atoms with Gasteiger partial charge in [0.1, 0.15) is 17.0 Å². The van der Waals surface area contributed by atoms with Crippen molar-refractivity contribution in [1.29, 1.82) is 0 Å². The van der Waals surface area contributed by atoms with Gasteiger partial charge in [0.2, 0.25) is 0 Å². The van der Waals surface area contributed by atoms with Crippen LogP contribution in [0.5, 0.6) is 0 Å². The molecule has 0 amide bonds. The van der Waals surface area contributed by atoms with Crippen molar-refractivity contribution < 1.29 is 4.74 Å². The van der Waals surface area contributed by atoms with Gasteiger partial charge < -0.3 is 9.64 Å². The van der Waals surface area contributed by atoms with Gasteiger partial charge in [-0.1, -0.05) is 0 Å². The number of hydrogen-bond donors (Lipinski definition) is 0. The first-order valence-electron chi connectivity index (χ1n) is 5.94. The Morgan fingerprint density at radius 2 is 2.06 bits per heavy atom. The number of hydrogen-bond acceptors (Lipinski definition) is 5. The molecular weight excluding hydrogens is 314 g/mol. The maximum absolute atomic E-state index is 5.76. The molecule has 2 atom stereocenters. The fourth-order valence-corrected chi connectivity index (χ4v) is 3.83. The molecule has 0 aliphatic carbocycles. The highest BCUT2D eigenvalue weighted by atomic mass is 79.9. The van der Waals surface area contributed by atoms with E-state index in [0.717, 1.165) is 32.9 Å². The standard InChI is InChI=1S/C12H14BrN3OS/c1-7-4-16(5-8(2)17-7)11-9-3-10(13)18-12(9)15-6-14-11/h3,6-8H,4-5H2,1-2H3. The summed E-state index contributed by atoms with van der Waals surface area (Å²) in [5.41, 5.74) is 0. The zero-order valence-electron chi connectivity index (χ0n) is 10.3. The van der Waals surface area contributed by atoms with Crippen molar-refractivity contribution in [2.45, 2.75) is 26.1 Å². The summed E-state index contributed by atoms with van der Waals surface area (Å²) < 4.78 is 6.85. The summed E-state index contributed by atoms with van der Waals surface area (Å²) in [6.45, 7) is 5.96. The second-order valence-electron chi connectivity index (χ2n) is 4.63. The van der Waals surface area contributed by atoms with Crippen LogP contribution in [0.4, 0.5) is 5.82 Å². The van der Waals surface area contributed by atoms with Crippen molar-refractivity contribution in [3.05, 3.63) is 16.2 Å². The van der Waals surface area contributed by atoms with E-state index in [9.17, 15) is 0 Å². The lowest BCUT2D eigenvalue weighted by Crippen LogP contribution is -2.45. The Balaban J connectivity index is 2.02. The number of morpholine rings is 1. The first-order chi connectivity index (χ1) is 8.63. The summed E-state index contributed by atoms with van der Waals surface area (Å²) in [6.07, 6.45) is 2.12. The number of ether oxygens (including phenoxy) is 1. The molecule has 0 aromatic carbocycles. The molecule has 1 saturated heterocycles. The van der Waals surface area contributed by atoms with Crippen LogP contribution in [-0.4, -0.2) is 35.3 Å². The molecule has 1 aliphatic heterocycles. The SMILES string of the molecule is CC1CN(c2ncnc3sc(Br)cc23)CC(C)O1. The van der Waals surface area contributed by atoms with E-state index in [0.29, 0.717) is 0 Å². The molecule has 3 heterocycles. The highest BCUT2D eigenvalue weighted by Crippen LogP contribution is 2.33. The lowest BCUT2D eigenvalue weighted by Gasteiger charge is -2.36. The molecule has 0 radical (unpaired) electrons. The monoisotopic (exact) mass is 327 g/mol. The molecule has 0 bridgehead atoms. The van der Waals surface area contributed by atoms with Gasteiger partial charge in [0.15, 0.2) is 0 Å². The number of fused-ring (bicyclic) bond motifs is 1. The van der Waals surface area contributed by atoms with E-state index in [1.807, 2.05) is 0 Å². The predicted molar refractivity (Wildman–Crippen MR) is 77.3 cm³/mol. The van der Waals surface area contributed by atoms with Crippen LogP contribution < -0.4 is 4.90 Å². The van der Waals surface area contributed by atoms with Gasteiger partial charge in [-0.15, -0.1) is 11.3 Å². The minimum atomic E-state index is 0.237. The van der Waals surface area contributed by atoms with Crippen molar-refractivity contribution in [1.82, 2.24) is 9.97 Å². The molecular formula is C12H14BrN3OS. The van der Waals surface area contributed by atoms with Crippen LogP contribution >= 0.6 is 27.3 Å². The van der Waals surface area contributed by atoms with Gasteiger partial charge in [-0.3, -0.25) is 0 Å². The smallest absolute Gasteiger partial charge is 0.140 e. The molecule has 1 aliphatic rings. The third kappa shape index (κ3) is 2.24. The summed E-state index contributed by atoms with van der Waals surface area (Å²) in [4.78, 5) is 12.1. The normalized spacial score (nSPS) is 24.7. The molecule has 0 N–H and O–H groups in total. The zero-order valence-corrected chi connectivity index (χ0v) is 12.7. The van der Waals surface area contributed by atoms with Crippen LogP contribution in [0, 0.1) is 0 Å². The lowest BCUT2D eigenvalue weighted by atomic mass is 10.2. The largest absolute Gasteiger partial charge is 0.372 e. The highest BCUT2D eigenvalue weighted by molar-refractivity contribution is 9.11. The first-order valence-corrected chi connectivity index (χ1v) is 7.55. The molecule has 1 fully saturated rings. The van der Waals surface area contributed by atoms with Crippen LogP contribution in [-0.2, 0) is 4.74 Å². The Morgan fingerprint density at radius 1 is 1.33 bits per heavy atom. The van der Waals surface area contributed by atoms with E-state index in [2.05, 4.69) is 50.7 Å². The maximum Gasteiger partial charge on any atom is 0.140 e. The summed E-state index contributed by atoms with van der Waals surface area (Å²) >= 11 is 5.15. The van der Waals surface area contributed by atoms with E-state index >= 15 is 0 Å². The number of anilines is 1. The molecule has 2 aromatic heterocycles. The van der Waals surface area contributed by atoms with E-state index in [1.165, 1.54) is 0 Å². The molecule has 18 heavy (non-hydrogen) atoms. The van der Waals surface area contributed by atoms with Gasteiger partial charge in [-0.2, -0.15) is 0 Å². The topological polar surface area (TPSA) is 38.2 Å². The van der Waals surface area contributed by atoms with Gasteiger partial charge in [-0.05, 0) is 35.8 Å². The molecule has 2 aromatic rings. The quantitative estimate of drug-likeness (QED) is 0.806. The van der Waals surface area contributed by atoms with Crippen molar-refractivity contribution in [2.75, 3.05) is 18.0 Å². The molecule has 2 unspecified atom stereocenters. The average Bonchev–Trinajstić information content (AvgIpc) is 2.67. The van der Waals surface area contributed by atoms with Crippen LogP contribution in [0.15, 0.2) is 16.2 Å². The minimum absolute atomic E-state index is 0.237. The summed E-state index contributed by atoms with van der Waals surface area (Å²) in [6, 6.07) is 2.10. The van der Waals surface area contributed by atoms with E-state index in [1.54, 1.807) is 17.7 Å². The van der Waals surface area contributed by atoms with Gasteiger partial charge in [-0.25, -0.2) is 9.97 Å². The number of rotatable bonds is 1. The molecule has 3 rings (SSSR count). The fraction of sp³-hybridized carbons (Fsp3) is 0.500. The second-order valence-corrected chi connectivity index (χ2v) is 7.04. The molecule has 6 heteroatoms. The van der Waals surface area contributed by atoms with Crippen molar-refractivity contribution >= 4 is 43.3 Å². The Morgan fingerprint density at radius 3 is 2.78 bits per heavy atom. The fourth-order valence-electron chi connectivity index (χ4n) is 2.42. The van der Waals surface area contributed by atoms with Crippen molar-refractivity contribution in [3.63, 3.8) is 0 Å². The van der Waals surface area contributed by atoms with Crippen LogP contribution in [0.2, 0.25) is 0 Å². The Hall–Kier alpha value is -0.720. The van der Waals surface area contributed by atoms with Crippen LogP contribution in [0.3, 0.4) is 0 Å². The van der Waals surface area contributed by atoms with Crippen LogP contribution in [0.25, 0.3) is 10.2 Å². The third-order valence-electron chi connectivity index (χ3n) is 3.00. The summed E-state index contributed by atoms with van der Waals surface area (Å²) in [5.74, 6) is 1.02. The molecule has 96 valence electrons. The molecule has 0 saturated carbocycles. The number of halogens is 1. The molecule has 0 spiro atoms. The van der Waals surface area contributed by atoms with Crippen LogP contribution in [0.1, 0.15) is 13.8 Å². The van der Waals surface area contributed by atoms with Crippen molar-refractivity contribution in [3.8, 4) is 0 Å². The van der Waals surface area contributed by atoms with Gasteiger partial charge >= 0.3 is 0 Å². The summed E-state index contributed by atoms with van der Waals surface area (Å²) in [7, 11) is 0. The maximum atomic E-state index is 5.76. The van der Waals surface area contributed by atoms with Gasteiger partial charge in [0, 0.05) is 13.1 Å². The first kappa shape index (κ1) is 12.3. The van der Waals surface area contributed by atoms with Crippen molar-refractivity contribution in [2.24, 2.45) is 0 Å². The lowest BCUT2D eigenvalue weighted by molar-refractivity contribution is -0.00537. The third-order valence-corrected chi connectivity index (χ3v) is 4.54. The Bertz CT molecular complexity index is 563. The minimum Gasteiger partial charge on any atom is -0.372 e. The average molecular weight is 328 g/mol. The molecule has 4 nitrogen and oxygen atoms in total. The number of nitrogens with zero attached hydrogens (tertiary/aromatic N) is 3. The van der Waals surface area contributed by atoms with Gasteiger partial charge in [0.25, 0.3) is 0 Å². The number of aromatic nitrogens is 2.